The van der Waals surface area contributed by atoms with E-state index in [0.29, 0.717) is 15.8 Å². The zero-order chi connectivity index (χ0) is 15.3. The fourth-order valence-electron chi connectivity index (χ4n) is 1.50. The van der Waals surface area contributed by atoms with Crippen molar-refractivity contribution in [1.82, 2.24) is 9.62 Å². The van der Waals surface area contributed by atoms with E-state index in [1.807, 2.05) is 0 Å². The fourth-order valence-corrected chi connectivity index (χ4v) is 2.38. The van der Waals surface area contributed by atoms with Crippen molar-refractivity contribution in [2.24, 2.45) is 0 Å². The predicted octanol–water partition coefficient (Wildman–Crippen LogP) is 1.08. The van der Waals surface area contributed by atoms with Crippen LogP contribution in [0.3, 0.4) is 0 Å². The molecule has 0 saturated carbocycles. The van der Waals surface area contributed by atoms with Crippen molar-refractivity contribution in [2.75, 3.05) is 33.5 Å². The summed E-state index contributed by atoms with van der Waals surface area (Å²) < 4.78 is 30.0. The molecule has 0 saturated heterocycles. The Morgan fingerprint density at radius 3 is 2.65 bits per heavy atom. The van der Waals surface area contributed by atoms with Gasteiger partial charge in [-0.25, -0.2) is 13.1 Å². The first-order valence-corrected chi connectivity index (χ1v) is 8.46. The van der Waals surface area contributed by atoms with Gasteiger partial charge in [-0.3, -0.25) is 4.79 Å². The van der Waals surface area contributed by atoms with Crippen LogP contribution in [0.15, 0.2) is 22.7 Å². The van der Waals surface area contributed by atoms with Gasteiger partial charge in [-0.15, -0.1) is 0 Å². The van der Waals surface area contributed by atoms with E-state index in [1.54, 1.807) is 25.2 Å². The number of carbonyl (C=O) groups excluding carboxylic acids is 1. The SMILES string of the molecule is COc1ccc(Br)c(C(=O)N(C)CCNS(C)(=O)=O)c1. The molecule has 1 amide bonds. The van der Waals surface area contributed by atoms with Crippen LogP contribution in [0.5, 0.6) is 5.75 Å². The average Bonchev–Trinajstić information content (AvgIpc) is 2.37. The van der Waals surface area contributed by atoms with Crippen molar-refractivity contribution >= 4 is 31.9 Å². The lowest BCUT2D eigenvalue weighted by Gasteiger charge is -2.18. The minimum Gasteiger partial charge on any atom is -0.497 e. The van der Waals surface area contributed by atoms with E-state index in [2.05, 4.69) is 20.7 Å². The molecule has 0 aliphatic carbocycles. The number of methoxy groups -OCH3 is 1. The van der Waals surface area contributed by atoms with Crippen molar-refractivity contribution in [1.29, 1.82) is 0 Å². The summed E-state index contributed by atoms with van der Waals surface area (Å²) in [5.74, 6) is 0.366. The zero-order valence-electron chi connectivity index (χ0n) is 11.5. The van der Waals surface area contributed by atoms with Gasteiger partial charge < -0.3 is 9.64 Å². The van der Waals surface area contributed by atoms with Gasteiger partial charge in [0.25, 0.3) is 5.91 Å². The Kier molecular flexibility index (Phi) is 5.97. The Labute approximate surface area is 127 Å². The second-order valence-electron chi connectivity index (χ2n) is 4.24. The number of ether oxygens (including phenoxy) is 1. The average molecular weight is 365 g/mol. The Balaban J connectivity index is 2.74. The van der Waals surface area contributed by atoms with Crippen LogP contribution in [0.2, 0.25) is 0 Å². The second-order valence-corrected chi connectivity index (χ2v) is 6.93. The van der Waals surface area contributed by atoms with Crippen LogP contribution in [0.1, 0.15) is 10.4 Å². The molecule has 0 unspecified atom stereocenters. The molecule has 1 aromatic carbocycles. The van der Waals surface area contributed by atoms with Gasteiger partial charge in [0.2, 0.25) is 10.0 Å². The highest BCUT2D eigenvalue weighted by atomic mass is 79.9. The minimum atomic E-state index is -3.25. The number of sulfonamides is 1. The summed E-state index contributed by atoms with van der Waals surface area (Å²) in [6.45, 7) is 0.443. The molecule has 0 spiro atoms. The molecular formula is C12H17BrN2O4S. The van der Waals surface area contributed by atoms with Gasteiger partial charge in [0.1, 0.15) is 5.75 Å². The number of benzene rings is 1. The van der Waals surface area contributed by atoms with E-state index >= 15 is 0 Å². The van der Waals surface area contributed by atoms with Crippen LogP contribution in [0.25, 0.3) is 0 Å². The number of nitrogens with zero attached hydrogens (tertiary/aromatic N) is 1. The number of hydrogen-bond donors (Lipinski definition) is 1. The molecule has 0 bridgehead atoms. The summed E-state index contributed by atoms with van der Waals surface area (Å²) >= 11 is 3.31. The van der Waals surface area contributed by atoms with Gasteiger partial charge in [0.05, 0.1) is 18.9 Å². The fraction of sp³-hybridized carbons (Fsp3) is 0.417. The number of carbonyl (C=O) groups is 1. The molecule has 20 heavy (non-hydrogen) atoms. The molecule has 0 heterocycles. The molecule has 1 aromatic rings. The lowest BCUT2D eigenvalue weighted by molar-refractivity contribution is 0.0796. The number of rotatable bonds is 6. The number of hydrogen-bond acceptors (Lipinski definition) is 4. The summed E-state index contributed by atoms with van der Waals surface area (Å²) in [6.07, 6.45) is 1.08. The maximum absolute atomic E-state index is 12.3. The molecule has 0 aromatic heterocycles. The Bertz CT molecular complexity index is 589. The monoisotopic (exact) mass is 364 g/mol. The molecule has 0 radical (unpaired) electrons. The van der Waals surface area contributed by atoms with Crippen molar-refractivity contribution in [3.63, 3.8) is 0 Å². The molecule has 0 atom stereocenters. The third-order valence-corrected chi connectivity index (χ3v) is 3.98. The van der Waals surface area contributed by atoms with Gasteiger partial charge in [-0.05, 0) is 34.1 Å². The van der Waals surface area contributed by atoms with Crippen molar-refractivity contribution in [3.8, 4) is 5.75 Å². The first-order valence-electron chi connectivity index (χ1n) is 5.78. The quantitative estimate of drug-likeness (QED) is 0.819. The van der Waals surface area contributed by atoms with E-state index in [1.165, 1.54) is 12.0 Å². The first-order chi connectivity index (χ1) is 9.24. The van der Waals surface area contributed by atoms with E-state index in [9.17, 15) is 13.2 Å². The van der Waals surface area contributed by atoms with Crippen molar-refractivity contribution in [3.05, 3.63) is 28.2 Å². The van der Waals surface area contributed by atoms with Crippen LogP contribution in [-0.4, -0.2) is 52.7 Å². The van der Waals surface area contributed by atoms with Crippen LogP contribution in [0, 0.1) is 0 Å². The number of likely N-dealkylation sites (N-methyl/N-ethyl adjacent to an activating group) is 1. The number of amides is 1. The predicted molar refractivity (Wildman–Crippen MR) is 80.5 cm³/mol. The van der Waals surface area contributed by atoms with Gasteiger partial charge in [-0.1, -0.05) is 0 Å². The topological polar surface area (TPSA) is 75.7 Å². The van der Waals surface area contributed by atoms with Gasteiger partial charge in [0, 0.05) is 24.6 Å². The molecule has 6 nitrogen and oxygen atoms in total. The summed E-state index contributed by atoms with van der Waals surface area (Å²) in [4.78, 5) is 13.7. The van der Waals surface area contributed by atoms with E-state index in [0.717, 1.165) is 6.26 Å². The van der Waals surface area contributed by atoms with Crippen LogP contribution < -0.4 is 9.46 Å². The van der Waals surface area contributed by atoms with Gasteiger partial charge in [0.15, 0.2) is 0 Å². The lowest BCUT2D eigenvalue weighted by atomic mass is 10.2. The minimum absolute atomic E-state index is 0.169. The molecule has 0 fully saturated rings. The first kappa shape index (κ1) is 16.9. The smallest absolute Gasteiger partial charge is 0.254 e. The summed E-state index contributed by atoms with van der Waals surface area (Å²) in [5, 5.41) is 0. The maximum Gasteiger partial charge on any atom is 0.254 e. The molecular weight excluding hydrogens is 348 g/mol. The second kappa shape index (κ2) is 7.05. The third-order valence-electron chi connectivity index (χ3n) is 2.56. The lowest BCUT2D eigenvalue weighted by Crippen LogP contribution is -2.35. The molecule has 1 N–H and O–H groups in total. The third kappa shape index (κ3) is 5.10. The summed E-state index contributed by atoms with van der Waals surface area (Å²) in [6, 6.07) is 5.10. The maximum atomic E-state index is 12.3. The number of halogens is 1. The van der Waals surface area contributed by atoms with Crippen LogP contribution in [-0.2, 0) is 10.0 Å². The highest BCUT2D eigenvalue weighted by molar-refractivity contribution is 9.10. The zero-order valence-corrected chi connectivity index (χ0v) is 13.9. The molecule has 112 valence electrons. The number of nitrogens with one attached hydrogen (secondary N) is 1. The molecule has 0 aliphatic heterocycles. The van der Waals surface area contributed by atoms with Crippen molar-refractivity contribution in [2.45, 2.75) is 0 Å². The largest absolute Gasteiger partial charge is 0.497 e. The van der Waals surface area contributed by atoms with Crippen LogP contribution >= 0.6 is 15.9 Å². The van der Waals surface area contributed by atoms with E-state index in [4.69, 9.17) is 4.74 Å². The van der Waals surface area contributed by atoms with E-state index in [-0.39, 0.29) is 19.0 Å². The molecule has 1 rings (SSSR count). The highest BCUT2D eigenvalue weighted by Gasteiger charge is 2.16. The summed E-state index contributed by atoms with van der Waals surface area (Å²) in [5.41, 5.74) is 0.464. The Hall–Kier alpha value is -1.12. The van der Waals surface area contributed by atoms with Gasteiger partial charge in [-0.2, -0.15) is 0 Å². The normalized spacial score (nSPS) is 11.2. The molecule has 0 aliphatic rings. The molecule has 8 heteroatoms. The van der Waals surface area contributed by atoms with Crippen LogP contribution in [0.4, 0.5) is 0 Å². The standard InChI is InChI=1S/C12H17BrN2O4S/c1-15(7-6-14-20(3,17)18)12(16)10-8-9(19-2)4-5-11(10)13/h4-5,8,14H,6-7H2,1-3H3. The Morgan fingerprint density at radius 1 is 1.45 bits per heavy atom. The Morgan fingerprint density at radius 2 is 2.10 bits per heavy atom. The van der Waals surface area contributed by atoms with Gasteiger partial charge >= 0.3 is 0 Å². The summed E-state index contributed by atoms with van der Waals surface area (Å²) in [7, 11) is -0.112. The van der Waals surface area contributed by atoms with E-state index < -0.39 is 10.0 Å². The highest BCUT2D eigenvalue weighted by Crippen LogP contribution is 2.23. The van der Waals surface area contributed by atoms with Crippen molar-refractivity contribution < 1.29 is 17.9 Å².